The minimum absolute atomic E-state index is 1.19. The van der Waals surface area contributed by atoms with Gasteiger partial charge in [-0.25, -0.2) is 0 Å². The first-order valence-electron chi connectivity index (χ1n) is 0.630. The fourth-order valence-corrected chi connectivity index (χ4v) is 0. The topological polar surface area (TPSA) is 0 Å². The summed E-state index contributed by atoms with van der Waals surface area (Å²) in [5, 5.41) is 0. The third-order valence-corrected chi connectivity index (χ3v) is 0. The summed E-state index contributed by atoms with van der Waals surface area (Å²) in [6.07, 6.45) is 0. The molecule has 0 bridgehead atoms. The second-order valence-corrected chi connectivity index (χ2v) is 88.4. The molecule has 0 aliphatic carbocycles. The van der Waals surface area contributed by atoms with E-state index in [0.29, 0.717) is 0 Å². The Kier molecular flexibility index (Phi) is 5.15. The third-order valence-electron chi connectivity index (χ3n) is 0. The van der Waals surface area contributed by atoms with Crippen LogP contribution in [-0.4, -0.2) is 0 Å². The molecule has 0 saturated heterocycles. The van der Waals surface area contributed by atoms with Crippen LogP contribution in [0.3, 0.4) is 0 Å². The molecule has 0 rings (SSSR count). The maximum absolute atomic E-state index is 2.49. The molecular formula is CoI5. The first-order valence-corrected chi connectivity index (χ1v) is 17.4. The van der Waals surface area contributed by atoms with Gasteiger partial charge in [-0.05, 0) is 0 Å². The van der Waals surface area contributed by atoms with Crippen molar-refractivity contribution in [3.8, 4) is 0 Å². The number of halogens is 5. The van der Waals surface area contributed by atoms with Crippen LogP contribution < -0.4 is 0 Å². The van der Waals surface area contributed by atoms with Crippen LogP contribution in [0.15, 0.2) is 0 Å². The van der Waals surface area contributed by atoms with Crippen molar-refractivity contribution in [3.63, 3.8) is 0 Å². The molecule has 0 unspecified atom stereocenters. The molecule has 44 valence electrons. The van der Waals surface area contributed by atoms with E-state index in [1.54, 1.807) is 0 Å². The van der Waals surface area contributed by atoms with Gasteiger partial charge >= 0.3 is 97.6 Å². The Bertz CT molecular complexity index is 37.1. The predicted octanol–water partition coefficient (Wildman–Crippen LogP) is 4.43. The molecule has 0 aliphatic heterocycles. The van der Waals surface area contributed by atoms with Gasteiger partial charge in [-0.2, -0.15) is 0 Å². The first kappa shape index (κ1) is 10.2. The Morgan fingerprint density at radius 2 is 0.667 bits per heavy atom. The normalized spacial score (nSPS) is 19.2. The molecule has 0 nitrogen and oxygen atoms in total. The quantitative estimate of drug-likeness (QED) is 0.330. The summed E-state index contributed by atoms with van der Waals surface area (Å²) >= 11 is 12.4. The summed E-state index contributed by atoms with van der Waals surface area (Å²) in [5.74, 6) is 0. The molecule has 6 heavy (non-hydrogen) atoms. The van der Waals surface area contributed by atoms with Gasteiger partial charge in [0.1, 0.15) is 0 Å². The third kappa shape index (κ3) is 24.2. The molecule has 6 heteroatoms. The Balaban J connectivity index is 3.73. The van der Waals surface area contributed by atoms with E-state index in [1.807, 2.05) is 0 Å². The zero-order valence-electron chi connectivity index (χ0n) is 2.22. The zero-order chi connectivity index (χ0) is 5.45. The van der Waals surface area contributed by atoms with Gasteiger partial charge in [0.2, 0.25) is 0 Å². The molecule has 0 heterocycles. The summed E-state index contributed by atoms with van der Waals surface area (Å²) < 4.78 is -1.19. The van der Waals surface area contributed by atoms with Gasteiger partial charge in [0.25, 0.3) is 0 Å². The van der Waals surface area contributed by atoms with Crippen LogP contribution in [0.5, 0.6) is 0 Å². The summed E-state index contributed by atoms with van der Waals surface area (Å²) in [6, 6.07) is 0. The van der Waals surface area contributed by atoms with E-state index in [0.717, 1.165) is 0 Å². The summed E-state index contributed by atoms with van der Waals surface area (Å²) in [4.78, 5) is 0. The predicted molar refractivity (Wildman–Crippen MR) is 70.1 cm³/mol. The van der Waals surface area contributed by atoms with Crippen molar-refractivity contribution in [2.24, 2.45) is 0 Å². The fraction of sp³-hybridized carbons (Fsp3) is 0. The molecule has 0 aliphatic rings. The Hall–Kier alpha value is 4.16. The van der Waals surface area contributed by atoms with Gasteiger partial charge in [-0.1, -0.05) is 0 Å². The van der Waals surface area contributed by atoms with Gasteiger partial charge in [0.05, 0.1) is 0 Å². The van der Waals surface area contributed by atoms with Crippen LogP contribution in [-0.2, 0) is -4.51 Å². The summed E-state index contributed by atoms with van der Waals surface area (Å²) in [5.41, 5.74) is 0. The molecule has 0 amide bonds. The molecule has 0 saturated carbocycles. The van der Waals surface area contributed by atoms with E-state index in [1.165, 1.54) is 0 Å². The number of hydrogen-bond donors (Lipinski definition) is 0. The standard InChI is InChI=1S/Co.5HI/h;5*1H/q+5;;;;;/p-5. The van der Waals surface area contributed by atoms with E-state index in [2.05, 4.69) is 102 Å². The van der Waals surface area contributed by atoms with Crippen LogP contribution >= 0.6 is 102 Å². The Morgan fingerprint density at radius 1 is 0.667 bits per heavy atom. The van der Waals surface area contributed by atoms with E-state index in [4.69, 9.17) is 0 Å². The Labute approximate surface area is 94.3 Å². The van der Waals surface area contributed by atoms with Crippen molar-refractivity contribution in [3.05, 3.63) is 0 Å². The van der Waals surface area contributed by atoms with Crippen LogP contribution in [0, 0.1) is 0 Å². The monoisotopic (exact) mass is 693 g/mol. The molecule has 0 aromatic carbocycles. The van der Waals surface area contributed by atoms with E-state index < -0.39 is -4.51 Å². The van der Waals surface area contributed by atoms with Crippen LogP contribution in [0.1, 0.15) is 0 Å². The van der Waals surface area contributed by atoms with Crippen LogP contribution in [0.2, 0.25) is 0 Å². The van der Waals surface area contributed by atoms with Gasteiger partial charge in [0.15, 0.2) is 0 Å². The molecule has 0 aromatic heterocycles. The van der Waals surface area contributed by atoms with Crippen molar-refractivity contribution in [1.82, 2.24) is 0 Å². The van der Waals surface area contributed by atoms with Crippen molar-refractivity contribution in [1.29, 1.82) is 0 Å². The Morgan fingerprint density at radius 3 is 0.667 bits per heavy atom. The molecular weight excluding hydrogens is 693 g/mol. The zero-order valence-corrected chi connectivity index (χ0v) is 14.1. The van der Waals surface area contributed by atoms with Crippen molar-refractivity contribution >= 4 is 102 Å². The van der Waals surface area contributed by atoms with Crippen LogP contribution in [0.25, 0.3) is 0 Å². The van der Waals surface area contributed by atoms with Crippen LogP contribution in [0.4, 0.5) is 0 Å². The molecule has 0 radical (unpaired) electrons. The van der Waals surface area contributed by atoms with E-state index in [9.17, 15) is 0 Å². The van der Waals surface area contributed by atoms with Gasteiger partial charge in [-0.15, -0.1) is 0 Å². The molecule has 0 aromatic rings. The molecule has 0 N–H and O–H groups in total. The summed E-state index contributed by atoms with van der Waals surface area (Å²) in [7, 11) is 0. The van der Waals surface area contributed by atoms with Crippen molar-refractivity contribution in [2.75, 3.05) is 0 Å². The molecule has 0 fully saturated rings. The fourth-order valence-electron chi connectivity index (χ4n) is 0. The number of rotatable bonds is 0. The first-order chi connectivity index (χ1) is 2.24. The average Bonchev–Trinajstić information content (AvgIpc) is 0.650. The van der Waals surface area contributed by atoms with Gasteiger partial charge in [-0.3, -0.25) is 0 Å². The van der Waals surface area contributed by atoms with E-state index >= 15 is 0 Å². The summed E-state index contributed by atoms with van der Waals surface area (Å²) in [6.45, 7) is 0. The number of hydrogen-bond acceptors (Lipinski definition) is 0. The van der Waals surface area contributed by atoms with Crippen molar-refractivity contribution < 1.29 is -4.51 Å². The van der Waals surface area contributed by atoms with Gasteiger partial charge < -0.3 is 0 Å². The van der Waals surface area contributed by atoms with Crippen molar-refractivity contribution in [2.45, 2.75) is 0 Å². The average molecular weight is 693 g/mol. The minimum atomic E-state index is -1.19. The second kappa shape index (κ2) is 3.04. The second-order valence-electron chi connectivity index (χ2n) is 0.476. The van der Waals surface area contributed by atoms with Gasteiger partial charge in [0, 0.05) is 0 Å². The maximum atomic E-state index is 2.49. The molecule has 0 atom stereocenters. The molecule has 0 spiro atoms. The van der Waals surface area contributed by atoms with E-state index in [-0.39, 0.29) is 0 Å². The SMILES string of the molecule is [I][Co]([I])([I])([I])[I].